The SMILES string of the molecule is C=C(N=C(c1c(C2CC2)cnc(F)c1N)N1CCNCC1)c1ccnc2[nH]c(C(F)(F)F)cc12. The molecule has 0 radical (unpaired) electrons. The summed E-state index contributed by atoms with van der Waals surface area (Å²) in [6.07, 6.45) is 0.256. The average molecular weight is 473 g/mol. The molecule has 11 heteroatoms. The zero-order chi connectivity index (χ0) is 24.0. The van der Waals surface area contributed by atoms with Gasteiger partial charge >= 0.3 is 6.18 Å². The van der Waals surface area contributed by atoms with Gasteiger partial charge < -0.3 is 20.9 Å². The molecule has 0 amide bonds. The summed E-state index contributed by atoms with van der Waals surface area (Å²) < 4.78 is 54.3. The number of nitrogen functional groups attached to an aromatic ring is 1. The van der Waals surface area contributed by atoms with Crippen LogP contribution in [0, 0.1) is 5.95 Å². The largest absolute Gasteiger partial charge is 0.431 e. The van der Waals surface area contributed by atoms with E-state index in [1.165, 1.54) is 12.4 Å². The van der Waals surface area contributed by atoms with Gasteiger partial charge in [-0.2, -0.15) is 17.6 Å². The second kappa shape index (κ2) is 8.39. The Hall–Kier alpha value is -3.47. The Balaban J connectivity index is 1.65. The summed E-state index contributed by atoms with van der Waals surface area (Å²) in [7, 11) is 0. The summed E-state index contributed by atoms with van der Waals surface area (Å²) in [5.41, 5.74) is 7.20. The minimum absolute atomic E-state index is 0.0815. The molecule has 0 unspecified atom stereocenters. The lowest BCUT2D eigenvalue weighted by molar-refractivity contribution is -0.140. The monoisotopic (exact) mass is 473 g/mol. The fourth-order valence-electron chi connectivity index (χ4n) is 4.25. The highest BCUT2D eigenvalue weighted by Crippen LogP contribution is 2.43. The van der Waals surface area contributed by atoms with Crippen molar-refractivity contribution in [2.45, 2.75) is 24.9 Å². The standard InChI is InChI=1S/C23H23F4N7/c1-12(14-4-5-30-21-15(14)10-17(33-21)23(25,26)27)32-22(34-8-6-29-7-9-34)18-16(13-2-3-13)11-31-20(24)19(18)28/h4-5,10-11,13,29H,1-3,6-9,28H2,(H,30,33). The molecule has 178 valence electrons. The zero-order valence-electron chi connectivity index (χ0n) is 18.2. The number of piperazine rings is 1. The van der Waals surface area contributed by atoms with Gasteiger partial charge in [-0.1, -0.05) is 6.58 Å². The van der Waals surface area contributed by atoms with Gasteiger partial charge in [0.2, 0.25) is 5.95 Å². The van der Waals surface area contributed by atoms with E-state index in [1.807, 2.05) is 4.90 Å². The number of nitrogens with one attached hydrogen (secondary N) is 2. The van der Waals surface area contributed by atoms with Crippen LogP contribution in [-0.4, -0.2) is 51.9 Å². The highest BCUT2D eigenvalue weighted by atomic mass is 19.4. The van der Waals surface area contributed by atoms with Crippen molar-refractivity contribution in [2.24, 2.45) is 4.99 Å². The Labute approximate surface area is 192 Å². The van der Waals surface area contributed by atoms with E-state index < -0.39 is 17.8 Å². The molecule has 0 atom stereocenters. The summed E-state index contributed by atoms with van der Waals surface area (Å²) in [4.78, 5) is 16.9. The van der Waals surface area contributed by atoms with E-state index in [0.29, 0.717) is 43.1 Å². The molecule has 5 rings (SSSR count). The van der Waals surface area contributed by atoms with Gasteiger partial charge in [0.25, 0.3) is 0 Å². The van der Waals surface area contributed by atoms with Crippen LogP contribution >= 0.6 is 0 Å². The molecule has 1 aliphatic carbocycles. The maximum atomic E-state index is 14.5. The van der Waals surface area contributed by atoms with Crippen LogP contribution in [0.25, 0.3) is 16.7 Å². The van der Waals surface area contributed by atoms with Crippen molar-refractivity contribution in [3.63, 3.8) is 0 Å². The highest BCUT2D eigenvalue weighted by Gasteiger charge is 2.34. The Morgan fingerprint density at radius 2 is 1.94 bits per heavy atom. The summed E-state index contributed by atoms with van der Waals surface area (Å²) in [6.45, 7) is 6.65. The molecule has 1 saturated heterocycles. The number of halogens is 4. The van der Waals surface area contributed by atoms with E-state index in [4.69, 9.17) is 10.7 Å². The molecule has 0 spiro atoms. The first kappa shape index (κ1) is 22.3. The third-order valence-corrected chi connectivity index (χ3v) is 6.14. The maximum Gasteiger partial charge on any atom is 0.431 e. The van der Waals surface area contributed by atoms with Gasteiger partial charge in [-0.15, -0.1) is 0 Å². The number of pyridine rings is 2. The van der Waals surface area contributed by atoms with Crippen LogP contribution in [0.15, 0.2) is 36.1 Å². The number of nitrogens with two attached hydrogens (primary N) is 1. The molecule has 4 heterocycles. The van der Waals surface area contributed by atoms with E-state index in [1.54, 1.807) is 6.07 Å². The second-order valence-corrected chi connectivity index (χ2v) is 8.49. The smallest absolute Gasteiger partial charge is 0.394 e. The van der Waals surface area contributed by atoms with Crippen LogP contribution in [0.4, 0.5) is 23.2 Å². The third-order valence-electron chi connectivity index (χ3n) is 6.14. The number of nitrogens with zero attached hydrogens (tertiary/aromatic N) is 4. The number of hydrogen-bond donors (Lipinski definition) is 3. The van der Waals surface area contributed by atoms with Crippen molar-refractivity contribution in [1.29, 1.82) is 0 Å². The van der Waals surface area contributed by atoms with Gasteiger partial charge in [-0.25, -0.2) is 15.0 Å². The molecule has 34 heavy (non-hydrogen) atoms. The summed E-state index contributed by atoms with van der Waals surface area (Å²) in [5.74, 6) is -0.109. The van der Waals surface area contributed by atoms with Gasteiger partial charge in [0, 0.05) is 55.1 Å². The van der Waals surface area contributed by atoms with Gasteiger partial charge in [-0.05, 0) is 36.5 Å². The average Bonchev–Trinajstić information content (AvgIpc) is 3.55. The number of aromatic nitrogens is 3. The number of anilines is 1. The van der Waals surface area contributed by atoms with Crippen LogP contribution in [0.2, 0.25) is 0 Å². The summed E-state index contributed by atoms with van der Waals surface area (Å²) >= 11 is 0. The first-order valence-electron chi connectivity index (χ1n) is 11.0. The van der Waals surface area contributed by atoms with E-state index in [0.717, 1.165) is 24.5 Å². The van der Waals surface area contributed by atoms with Gasteiger partial charge in [0.05, 0.1) is 11.4 Å². The number of fused-ring (bicyclic) bond motifs is 1. The lowest BCUT2D eigenvalue weighted by Gasteiger charge is -2.32. The van der Waals surface area contributed by atoms with Crippen LogP contribution in [0.5, 0.6) is 0 Å². The van der Waals surface area contributed by atoms with E-state index in [2.05, 4.69) is 26.8 Å². The zero-order valence-corrected chi connectivity index (χ0v) is 18.2. The quantitative estimate of drug-likeness (QED) is 0.231. The number of H-pyrrole nitrogens is 1. The second-order valence-electron chi connectivity index (χ2n) is 8.49. The van der Waals surface area contributed by atoms with Crippen LogP contribution in [-0.2, 0) is 6.18 Å². The minimum atomic E-state index is -4.54. The predicted octanol–water partition coefficient (Wildman–Crippen LogP) is 3.90. The van der Waals surface area contributed by atoms with Crippen molar-refractivity contribution in [3.8, 4) is 0 Å². The lowest BCUT2D eigenvalue weighted by atomic mass is 10.0. The topological polar surface area (TPSA) is 95.2 Å². The van der Waals surface area contributed by atoms with Crippen molar-refractivity contribution >= 4 is 28.3 Å². The first-order chi connectivity index (χ1) is 16.2. The molecule has 0 aromatic carbocycles. The molecule has 7 nitrogen and oxygen atoms in total. The number of aliphatic imine (C=N–C) groups is 1. The summed E-state index contributed by atoms with van der Waals surface area (Å²) in [5, 5.41) is 3.52. The fraction of sp³-hybridized carbons (Fsp3) is 0.348. The molecule has 2 aliphatic rings. The van der Waals surface area contributed by atoms with Crippen LogP contribution in [0.3, 0.4) is 0 Å². The Kier molecular flexibility index (Phi) is 5.51. The van der Waals surface area contributed by atoms with Crippen molar-refractivity contribution in [1.82, 2.24) is 25.2 Å². The number of rotatable bonds is 4. The van der Waals surface area contributed by atoms with Crippen LogP contribution < -0.4 is 11.1 Å². The number of alkyl halides is 3. The molecule has 3 aromatic rings. The van der Waals surface area contributed by atoms with Crippen molar-refractivity contribution < 1.29 is 17.6 Å². The Morgan fingerprint density at radius 1 is 1.21 bits per heavy atom. The van der Waals surface area contributed by atoms with E-state index >= 15 is 0 Å². The van der Waals surface area contributed by atoms with E-state index in [9.17, 15) is 17.6 Å². The molecular weight excluding hydrogens is 450 g/mol. The van der Waals surface area contributed by atoms with Crippen LogP contribution in [0.1, 0.15) is 41.1 Å². The Morgan fingerprint density at radius 3 is 2.62 bits per heavy atom. The molecule has 0 bridgehead atoms. The van der Waals surface area contributed by atoms with Crippen molar-refractivity contribution in [2.75, 3.05) is 31.9 Å². The van der Waals surface area contributed by atoms with Crippen molar-refractivity contribution in [3.05, 3.63) is 59.4 Å². The molecule has 1 aliphatic heterocycles. The number of amidine groups is 1. The molecule has 3 aromatic heterocycles. The Bertz CT molecular complexity index is 1280. The normalized spacial score (nSPS) is 17.4. The van der Waals surface area contributed by atoms with E-state index in [-0.39, 0.29) is 28.3 Å². The fourth-order valence-corrected chi connectivity index (χ4v) is 4.25. The maximum absolute atomic E-state index is 14.5. The molecule has 4 N–H and O–H groups in total. The number of aromatic amines is 1. The van der Waals surface area contributed by atoms with Gasteiger partial charge in [0.1, 0.15) is 17.2 Å². The molecule has 2 fully saturated rings. The summed E-state index contributed by atoms with van der Waals surface area (Å²) in [6, 6.07) is 2.56. The highest BCUT2D eigenvalue weighted by molar-refractivity contribution is 6.07. The first-order valence-corrected chi connectivity index (χ1v) is 11.0. The molecule has 1 saturated carbocycles. The lowest BCUT2D eigenvalue weighted by Crippen LogP contribution is -2.47. The number of hydrogen-bond acceptors (Lipinski definition) is 5. The third kappa shape index (κ3) is 4.11. The minimum Gasteiger partial charge on any atom is -0.394 e. The predicted molar refractivity (Wildman–Crippen MR) is 122 cm³/mol. The van der Waals surface area contributed by atoms with Gasteiger partial charge in [-0.3, -0.25) is 0 Å². The van der Waals surface area contributed by atoms with Gasteiger partial charge in [0.15, 0.2) is 0 Å². The molecular formula is C23H23F4N7.